The van der Waals surface area contributed by atoms with Crippen LogP contribution in [0.1, 0.15) is 19.8 Å². The molecule has 94 valence electrons. The minimum atomic E-state index is -0.154. The van der Waals surface area contributed by atoms with Crippen LogP contribution in [0, 0.1) is 5.92 Å². The lowest BCUT2D eigenvalue weighted by molar-refractivity contribution is 0.161. The first-order valence-corrected chi connectivity index (χ1v) is 7.05. The lowest BCUT2D eigenvalue weighted by Crippen LogP contribution is -2.52. The molecular weight excluding hydrogens is 234 g/mol. The molecule has 1 aliphatic rings. The van der Waals surface area contributed by atoms with Crippen molar-refractivity contribution in [3.05, 3.63) is 18.5 Å². The van der Waals surface area contributed by atoms with Crippen LogP contribution in [0.3, 0.4) is 0 Å². The molecule has 1 saturated carbocycles. The van der Waals surface area contributed by atoms with Gasteiger partial charge in [-0.05, 0) is 31.4 Å². The quantitative estimate of drug-likeness (QED) is 0.567. The lowest BCUT2D eigenvalue weighted by atomic mass is 9.97. The number of aliphatic hydroxyl groups excluding tert-OH is 1. The van der Waals surface area contributed by atoms with E-state index in [1.54, 1.807) is 24.2 Å². The molecule has 0 aliphatic heterocycles. The molecule has 1 unspecified atom stereocenters. The van der Waals surface area contributed by atoms with Crippen molar-refractivity contribution in [3.63, 3.8) is 0 Å². The summed E-state index contributed by atoms with van der Waals surface area (Å²) in [5.74, 6) is 1.43. The molecule has 17 heavy (non-hydrogen) atoms. The number of nitrogens with one attached hydrogen (secondary N) is 1. The van der Waals surface area contributed by atoms with Crippen LogP contribution < -0.4 is 5.32 Å². The molecule has 0 radical (unpaired) electrons. The molecule has 2 N–H and O–H groups in total. The molecule has 0 amide bonds. The van der Waals surface area contributed by atoms with Gasteiger partial charge in [0.2, 0.25) is 0 Å². The minimum Gasteiger partial charge on any atom is -0.394 e. The Balaban J connectivity index is 1.97. The molecule has 0 saturated heterocycles. The molecule has 0 bridgehead atoms. The summed E-state index contributed by atoms with van der Waals surface area (Å²) >= 11 is 1.62. The maximum absolute atomic E-state index is 9.68. The van der Waals surface area contributed by atoms with Crippen LogP contribution in [0.2, 0.25) is 0 Å². The second-order valence-corrected chi connectivity index (χ2v) is 5.38. The zero-order chi connectivity index (χ0) is 12.1. The molecule has 1 aliphatic carbocycles. The van der Waals surface area contributed by atoms with Gasteiger partial charge in [0, 0.05) is 18.1 Å². The van der Waals surface area contributed by atoms with E-state index in [0.717, 1.165) is 17.5 Å². The SMILES string of the molecule is CCNC(CO)(CSc1ncccn1)C1CC1. The number of rotatable bonds is 7. The highest BCUT2D eigenvalue weighted by Crippen LogP contribution is 2.41. The average molecular weight is 253 g/mol. The Labute approximate surface area is 106 Å². The second kappa shape index (κ2) is 5.80. The van der Waals surface area contributed by atoms with Crippen molar-refractivity contribution in [1.82, 2.24) is 15.3 Å². The molecule has 0 spiro atoms. The van der Waals surface area contributed by atoms with E-state index in [4.69, 9.17) is 0 Å². The number of hydrogen-bond donors (Lipinski definition) is 2. The van der Waals surface area contributed by atoms with Crippen molar-refractivity contribution in [3.8, 4) is 0 Å². The smallest absolute Gasteiger partial charge is 0.187 e. The van der Waals surface area contributed by atoms with E-state index >= 15 is 0 Å². The zero-order valence-electron chi connectivity index (χ0n) is 10.1. The number of nitrogens with zero attached hydrogens (tertiary/aromatic N) is 2. The highest BCUT2D eigenvalue weighted by Gasteiger charge is 2.44. The third-order valence-electron chi connectivity index (χ3n) is 3.17. The Bertz CT molecular complexity index is 345. The van der Waals surface area contributed by atoms with Gasteiger partial charge in [-0.1, -0.05) is 18.7 Å². The summed E-state index contributed by atoms with van der Waals surface area (Å²) in [6, 6.07) is 1.81. The molecule has 2 rings (SSSR count). The van der Waals surface area contributed by atoms with E-state index in [2.05, 4.69) is 22.2 Å². The number of hydrogen-bond acceptors (Lipinski definition) is 5. The Hall–Kier alpha value is -0.650. The number of likely N-dealkylation sites (N-methyl/N-ethyl adjacent to an activating group) is 1. The molecular formula is C12H19N3OS. The zero-order valence-corrected chi connectivity index (χ0v) is 10.9. The Morgan fingerprint density at radius 2 is 2.18 bits per heavy atom. The Morgan fingerprint density at radius 3 is 2.71 bits per heavy atom. The normalized spacial score (nSPS) is 18.9. The average Bonchev–Trinajstić information content (AvgIpc) is 3.20. The van der Waals surface area contributed by atoms with Gasteiger partial charge in [-0.15, -0.1) is 0 Å². The summed E-state index contributed by atoms with van der Waals surface area (Å²) in [5.41, 5.74) is -0.154. The first-order valence-electron chi connectivity index (χ1n) is 6.06. The predicted octanol–water partition coefficient (Wildman–Crippen LogP) is 1.32. The number of aromatic nitrogens is 2. The number of aliphatic hydroxyl groups is 1. The van der Waals surface area contributed by atoms with Gasteiger partial charge < -0.3 is 10.4 Å². The van der Waals surface area contributed by atoms with Crippen LogP contribution >= 0.6 is 11.8 Å². The number of thioether (sulfide) groups is 1. The summed E-state index contributed by atoms with van der Waals surface area (Å²) in [6.07, 6.45) is 5.92. The molecule has 5 heteroatoms. The molecule has 1 heterocycles. The van der Waals surface area contributed by atoms with Crippen LogP contribution in [0.4, 0.5) is 0 Å². The third kappa shape index (κ3) is 3.18. The summed E-state index contributed by atoms with van der Waals surface area (Å²) < 4.78 is 0. The molecule has 1 atom stereocenters. The predicted molar refractivity (Wildman–Crippen MR) is 69.0 cm³/mol. The Morgan fingerprint density at radius 1 is 1.47 bits per heavy atom. The molecule has 1 aromatic heterocycles. The fourth-order valence-corrected chi connectivity index (χ4v) is 3.17. The largest absolute Gasteiger partial charge is 0.394 e. The van der Waals surface area contributed by atoms with Crippen molar-refractivity contribution in [2.45, 2.75) is 30.5 Å². The van der Waals surface area contributed by atoms with Crippen LogP contribution in [0.25, 0.3) is 0 Å². The molecule has 1 fully saturated rings. The summed E-state index contributed by atoms with van der Waals surface area (Å²) in [6.45, 7) is 3.15. The Kier molecular flexibility index (Phi) is 4.36. The highest BCUT2D eigenvalue weighted by atomic mass is 32.2. The van der Waals surface area contributed by atoms with Gasteiger partial charge >= 0.3 is 0 Å². The van der Waals surface area contributed by atoms with Crippen LogP contribution in [0.5, 0.6) is 0 Å². The van der Waals surface area contributed by atoms with Gasteiger partial charge in [0.15, 0.2) is 5.16 Å². The van der Waals surface area contributed by atoms with Gasteiger partial charge in [-0.3, -0.25) is 0 Å². The van der Waals surface area contributed by atoms with Crippen LogP contribution in [-0.4, -0.2) is 39.5 Å². The fraction of sp³-hybridized carbons (Fsp3) is 0.667. The maximum Gasteiger partial charge on any atom is 0.187 e. The highest BCUT2D eigenvalue weighted by molar-refractivity contribution is 7.99. The van der Waals surface area contributed by atoms with Gasteiger partial charge in [-0.25, -0.2) is 9.97 Å². The second-order valence-electron chi connectivity index (χ2n) is 4.44. The molecule has 4 nitrogen and oxygen atoms in total. The summed E-state index contributed by atoms with van der Waals surface area (Å²) in [5, 5.41) is 13.9. The van der Waals surface area contributed by atoms with Gasteiger partial charge in [0.05, 0.1) is 12.1 Å². The van der Waals surface area contributed by atoms with E-state index in [0.29, 0.717) is 5.92 Å². The molecule has 0 aromatic carbocycles. The minimum absolute atomic E-state index is 0.154. The fourth-order valence-electron chi connectivity index (χ4n) is 2.09. The van der Waals surface area contributed by atoms with Crippen molar-refractivity contribution < 1.29 is 5.11 Å². The summed E-state index contributed by atoms with van der Waals surface area (Å²) in [7, 11) is 0. The third-order valence-corrected chi connectivity index (χ3v) is 4.30. The van der Waals surface area contributed by atoms with E-state index in [-0.39, 0.29) is 12.1 Å². The maximum atomic E-state index is 9.68. The van der Waals surface area contributed by atoms with Gasteiger partial charge in [0.25, 0.3) is 0 Å². The summed E-state index contributed by atoms with van der Waals surface area (Å²) in [4.78, 5) is 8.40. The van der Waals surface area contributed by atoms with Crippen molar-refractivity contribution in [2.24, 2.45) is 5.92 Å². The van der Waals surface area contributed by atoms with Gasteiger partial charge in [-0.2, -0.15) is 0 Å². The van der Waals surface area contributed by atoms with Gasteiger partial charge in [0.1, 0.15) is 0 Å². The van der Waals surface area contributed by atoms with Crippen molar-refractivity contribution in [2.75, 3.05) is 18.9 Å². The van der Waals surface area contributed by atoms with Crippen LogP contribution in [-0.2, 0) is 0 Å². The lowest BCUT2D eigenvalue weighted by Gasteiger charge is -2.32. The monoisotopic (exact) mass is 253 g/mol. The molecule has 1 aromatic rings. The van der Waals surface area contributed by atoms with E-state index in [9.17, 15) is 5.11 Å². The van der Waals surface area contributed by atoms with E-state index < -0.39 is 0 Å². The van der Waals surface area contributed by atoms with E-state index in [1.807, 2.05) is 6.07 Å². The first-order chi connectivity index (χ1) is 8.30. The van der Waals surface area contributed by atoms with E-state index in [1.165, 1.54) is 12.8 Å². The van der Waals surface area contributed by atoms with Crippen molar-refractivity contribution in [1.29, 1.82) is 0 Å². The first kappa shape index (κ1) is 12.8. The van der Waals surface area contributed by atoms with Crippen molar-refractivity contribution >= 4 is 11.8 Å². The standard InChI is InChI=1S/C12H19N3OS/c1-2-15-12(8-16,10-4-5-10)9-17-11-13-6-3-7-14-11/h3,6-7,10,15-16H,2,4-5,8-9H2,1H3. The van der Waals surface area contributed by atoms with Crippen LogP contribution in [0.15, 0.2) is 23.6 Å². The topological polar surface area (TPSA) is 58.0 Å².